The topological polar surface area (TPSA) is 43.9 Å². The first-order chi connectivity index (χ1) is 12.9. The van der Waals surface area contributed by atoms with E-state index in [1.54, 1.807) is 0 Å². The Bertz CT molecular complexity index is 622. The van der Waals surface area contributed by atoms with E-state index in [2.05, 4.69) is 23.6 Å². The Balaban J connectivity index is 1.86. The van der Waals surface area contributed by atoms with Gasteiger partial charge in [0.2, 0.25) is 11.8 Å². The number of amides is 2. The van der Waals surface area contributed by atoms with E-state index >= 15 is 0 Å². The third-order valence-electron chi connectivity index (χ3n) is 5.31. The average molecular weight is 372 g/mol. The predicted molar refractivity (Wildman–Crippen MR) is 109 cm³/mol. The van der Waals surface area contributed by atoms with Crippen molar-refractivity contribution in [3.8, 4) is 0 Å². The summed E-state index contributed by atoms with van der Waals surface area (Å²) in [6, 6.07) is 10.4. The number of hydrogen-bond donors (Lipinski definition) is 0. The molecule has 1 saturated heterocycles. The summed E-state index contributed by atoms with van der Waals surface area (Å²) in [4.78, 5) is 31.1. The lowest BCUT2D eigenvalue weighted by Gasteiger charge is -2.35. The molecule has 0 atom stereocenters. The van der Waals surface area contributed by atoms with Crippen molar-refractivity contribution < 1.29 is 9.59 Å². The number of carbonyl (C=O) groups is 2. The molecule has 0 N–H and O–H groups in total. The number of piperidine rings is 1. The number of likely N-dealkylation sites (tertiary alicyclic amines) is 1. The highest BCUT2D eigenvalue weighted by Gasteiger charge is 2.30. The van der Waals surface area contributed by atoms with Gasteiger partial charge >= 0.3 is 0 Å². The Kier molecular flexibility index (Phi) is 8.04. The lowest BCUT2D eigenvalue weighted by molar-refractivity contribution is -0.141. The Hall–Kier alpha value is -2.14. The van der Waals surface area contributed by atoms with Crippen molar-refractivity contribution in [2.45, 2.75) is 39.3 Å². The average Bonchev–Trinajstić information content (AvgIpc) is 2.67. The molecule has 2 amide bonds. The molecule has 1 aromatic carbocycles. The third kappa shape index (κ3) is 6.21. The van der Waals surface area contributed by atoms with Gasteiger partial charge in [-0.3, -0.25) is 14.5 Å². The van der Waals surface area contributed by atoms with Crippen molar-refractivity contribution in [2.75, 3.05) is 33.2 Å². The first-order valence-corrected chi connectivity index (χ1v) is 9.84. The van der Waals surface area contributed by atoms with Crippen LogP contribution in [-0.2, 0) is 16.1 Å². The van der Waals surface area contributed by atoms with Crippen molar-refractivity contribution in [3.63, 3.8) is 0 Å². The number of rotatable bonds is 8. The summed E-state index contributed by atoms with van der Waals surface area (Å²) in [5.41, 5.74) is 1.19. The van der Waals surface area contributed by atoms with Gasteiger partial charge in [0.25, 0.3) is 0 Å². The zero-order valence-corrected chi connectivity index (χ0v) is 16.9. The molecule has 0 saturated carbocycles. The van der Waals surface area contributed by atoms with Crippen LogP contribution in [0.5, 0.6) is 0 Å². The second-order valence-corrected chi connectivity index (χ2v) is 7.64. The van der Waals surface area contributed by atoms with Crippen LogP contribution in [-0.4, -0.2) is 65.8 Å². The molecule has 5 nitrogen and oxygen atoms in total. The summed E-state index contributed by atoms with van der Waals surface area (Å²) < 4.78 is 0. The molecular weight excluding hydrogens is 338 g/mol. The van der Waals surface area contributed by atoms with Gasteiger partial charge in [0, 0.05) is 45.2 Å². The van der Waals surface area contributed by atoms with E-state index in [-0.39, 0.29) is 23.8 Å². The smallest absolute Gasteiger partial charge is 0.236 e. The first-order valence-electron chi connectivity index (χ1n) is 9.84. The first kappa shape index (κ1) is 21.2. The summed E-state index contributed by atoms with van der Waals surface area (Å²) in [5, 5.41) is 0. The molecule has 1 aromatic rings. The highest BCUT2D eigenvalue weighted by atomic mass is 16.2. The summed E-state index contributed by atoms with van der Waals surface area (Å²) >= 11 is 0. The molecule has 27 heavy (non-hydrogen) atoms. The standard InChI is InChI=1S/C22H33N3O2/c1-5-13-24(16-19-9-7-6-8-10-19)17-21(26)25-14-11-20(12-15-25)22(27)23(4)18(2)3/h5-10,18,20H,1,11-17H2,2-4H3. The van der Waals surface area contributed by atoms with Gasteiger partial charge < -0.3 is 9.80 Å². The molecule has 0 unspecified atom stereocenters. The van der Waals surface area contributed by atoms with Gasteiger partial charge in [-0.25, -0.2) is 0 Å². The fraction of sp³-hybridized carbons (Fsp3) is 0.545. The van der Waals surface area contributed by atoms with Crippen LogP contribution in [0.1, 0.15) is 32.3 Å². The van der Waals surface area contributed by atoms with E-state index in [0.717, 1.165) is 19.4 Å². The molecule has 0 aromatic heterocycles. The van der Waals surface area contributed by atoms with Crippen molar-refractivity contribution in [2.24, 2.45) is 5.92 Å². The monoisotopic (exact) mass is 371 g/mol. The maximum Gasteiger partial charge on any atom is 0.236 e. The Morgan fingerprint density at radius 3 is 2.41 bits per heavy atom. The van der Waals surface area contributed by atoms with E-state index in [0.29, 0.717) is 26.2 Å². The van der Waals surface area contributed by atoms with Crippen LogP contribution in [0, 0.1) is 5.92 Å². The predicted octanol–water partition coefficient (Wildman–Crippen LogP) is 2.78. The van der Waals surface area contributed by atoms with Gasteiger partial charge in [-0.05, 0) is 32.3 Å². The van der Waals surface area contributed by atoms with E-state index in [1.807, 2.05) is 55.0 Å². The fourth-order valence-electron chi connectivity index (χ4n) is 3.42. The molecular formula is C22H33N3O2. The Labute approximate surface area is 163 Å². The second kappa shape index (κ2) is 10.3. The molecule has 1 heterocycles. The molecule has 1 aliphatic rings. The minimum Gasteiger partial charge on any atom is -0.343 e. The summed E-state index contributed by atoms with van der Waals surface area (Å²) in [6.07, 6.45) is 3.34. The molecule has 0 bridgehead atoms. The van der Waals surface area contributed by atoms with Crippen LogP contribution >= 0.6 is 0 Å². The van der Waals surface area contributed by atoms with Gasteiger partial charge in [0.1, 0.15) is 0 Å². The van der Waals surface area contributed by atoms with Gasteiger partial charge in [-0.1, -0.05) is 36.4 Å². The normalized spacial score (nSPS) is 15.2. The Morgan fingerprint density at radius 2 is 1.85 bits per heavy atom. The molecule has 0 aliphatic carbocycles. The van der Waals surface area contributed by atoms with Gasteiger partial charge in [0.05, 0.1) is 6.54 Å². The fourth-order valence-corrected chi connectivity index (χ4v) is 3.42. The number of benzene rings is 1. The summed E-state index contributed by atoms with van der Waals surface area (Å²) in [7, 11) is 1.86. The largest absolute Gasteiger partial charge is 0.343 e. The van der Waals surface area contributed by atoms with Crippen molar-refractivity contribution in [1.29, 1.82) is 0 Å². The van der Waals surface area contributed by atoms with Crippen LogP contribution in [0.3, 0.4) is 0 Å². The molecule has 0 spiro atoms. The van der Waals surface area contributed by atoms with E-state index in [1.165, 1.54) is 5.56 Å². The van der Waals surface area contributed by atoms with E-state index < -0.39 is 0 Å². The molecule has 5 heteroatoms. The SMILES string of the molecule is C=CCN(CC(=O)N1CCC(C(=O)N(C)C(C)C)CC1)Cc1ccccc1. The van der Waals surface area contributed by atoms with Crippen molar-refractivity contribution in [1.82, 2.24) is 14.7 Å². The molecule has 1 fully saturated rings. The summed E-state index contributed by atoms with van der Waals surface area (Å²) in [5.74, 6) is 0.375. The van der Waals surface area contributed by atoms with Crippen LogP contribution in [0.15, 0.2) is 43.0 Å². The van der Waals surface area contributed by atoms with Crippen LogP contribution < -0.4 is 0 Å². The van der Waals surface area contributed by atoms with Crippen molar-refractivity contribution in [3.05, 3.63) is 48.6 Å². The highest BCUT2D eigenvalue weighted by Crippen LogP contribution is 2.20. The lowest BCUT2D eigenvalue weighted by atomic mass is 9.95. The van der Waals surface area contributed by atoms with Crippen LogP contribution in [0.25, 0.3) is 0 Å². The van der Waals surface area contributed by atoms with E-state index in [4.69, 9.17) is 0 Å². The Morgan fingerprint density at radius 1 is 1.22 bits per heavy atom. The van der Waals surface area contributed by atoms with Crippen LogP contribution in [0.4, 0.5) is 0 Å². The second-order valence-electron chi connectivity index (χ2n) is 7.64. The number of hydrogen-bond acceptors (Lipinski definition) is 3. The van der Waals surface area contributed by atoms with E-state index in [9.17, 15) is 9.59 Å². The highest BCUT2D eigenvalue weighted by molar-refractivity contribution is 5.81. The minimum absolute atomic E-state index is 0.0371. The zero-order chi connectivity index (χ0) is 19.8. The van der Waals surface area contributed by atoms with Gasteiger partial charge in [-0.2, -0.15) is 0 Å². The van der Waals surface area contributed by atoms with Gasteiger partial charge in [-0.15, -0.1) is 6.58 Å². The maximum absolute atomic E-state index is 12.7. The van der Waals surface area contributed by atoms with Crippen LogP contribution in [0.2, 0.25) is 0 Å². The maximum atomic E-state index is 12.7. The minimum atomic E-state index is 0.0371. The molecule has 1 aliphatic heterocycles. The number of nitrogens with zero attached hydrogens (tertiary/aromatic N) is 3. The third-order valence-corrected chi connectivity index (χ3v) is 5.31. The van der Waals surface area contributed by atoms with Gasteiger partial charge in [0.15, 0.2) is 0 Å². The summed E-state index contributed by atoms with van der Waals surface area (Å²) in [6.45, 7) is 11.0. The lowest BCUT2D eigenvalue weighted by Crippen LogP contribution is -2.47. The zero-order valence-electron chi connectivity index (χ0n) is 16.9. The number of carbonyl (C=O) groups excluding carboxylic acids is 2. The van der Waals surface area contributed by atoms with Crippen molar-refractivity contribution >= 4 is 11.8 Å². The molecule has 2 rings (SSSR count). The molecule has 148 valence electrons. The quantitative estimate of drug-likeness (QED) is 0.660. The molecule has 0 radical (unpaired) electrons.